The second-order valence-electron chi connectivity index (χ2n) is 5.05. The Kier molecular flexibility index (Phi) is 4.15. The highest BCUT2D eigenvalue weighted by molar-refractivity contribution is 6.39. The molecule has 0 aliphatic rings. The first kappa shape index (κ1) is 15.6. The quantitative estimate of drug-likeness (QED) is 0.714. The van der Waals surface area contributed by atoms with E-state index in [-0.39, 0.29) is 0 Å². The number of nitrogens with one attached hydrogen (secondary N) is 1. The van der Waals surface area contributed by atoms with E-state index >= 15 is 0 Å². The molecule has 1 aromatic carbocycles. The topological polar surface area (TPSA) is 67.2 Å². The third kappa shape index (κ3) is 2.85. The van der Waals surface area contributed by atoms with Crippen LogP contribution in [0.1, 0.15) is 13.0 Å². The Hall–Kier alpha value is -2.24. The normalized spacial score (nSPS) is 12.3. The molecule has 2 heterocycles. The van der Waals surface area contributed by atoms with Gasteiger partial charge in [-0.15, -0.1) is 0 Å². The van der Waals surface area contributed by atoms with Gasteiger partial charge >= 0.3 is 5.97 Å². The van der Waals surface area contributed by atoms with Gasteiger partial charge in [-0.1, -0.05) is 29.3 Å². The summed E-state index contributed by atoms with van der Waals surface area (Å²) in [7, 11) is 0. The maximum absolute atomic E-state index is 11.2. The summed E-state index contributed by atoms with van der Waals surface area (Å²) in [5.74, 6) is -0.336. The van der Waals surface area contributed by atoms with Crippen LogP contribution in [0.4, 0.5) is 11.5 Å². The molecule has 3 aromatic rings. The van der Waals surface area contributed by atoms with Gasteiger partial charge in [0.05, 0.1) is 21.2 Å². The molecule has 7 heteroatoms. The molecular weight excluding hydrogens is 337 g/mol. The second kappa shape index (κ2) is 6.10. The molecule has 0 spiro atoms. The van der Waals surface area contributed by atoms with Crippen LogP contribution in [0.5, 0.6) is 0 Å². The van der Waals surface area contributed by atoms with E-state index in [0.717, 1.165) is 10.9 Å². The van der Waals surface area contributed by atoms with Crippen LogP contribution < -0.4 is 5.32 Å². The maximum atomic E-state index is 11.2. The van der Waals surface area contributed by atoms with Crippen LogP contribution in [-0.4, -0.2) is 20.6 Å². The van der Waals surface area contributed by atoms with E-state index in [1.165, 1.54) is 0 Å². The van der Waals surface area contributed by atoms with Gasteiger partial charge in [-0.25, -0.2) is 9.78 Å². The highest BCUT2D eigenvalue weighted by Gasteiger charge is 2.17. The monoisotopic (exact) mass is 349 g/mol. The van der Waals surface area contributed by atoms with Crippen molar-refractivity contribution in [2.24, 2.45) is 0 Å². The first-order valence-electron chi connectivity index (χ1n) is 6.88. The number of fused-ring (bicyclic) bond motifs is 1. The minimum absolute atomic E-state index is 0.481. The summed E-state index contributed by atoms with van der Waals surface area (Å²) in [4.78, 5) is 15.5. The van der Waals surface area contributed by atoms with E-state index in [0.29, 0.717) is 21.6 Å². The summed E-state index contributed by atoms with van der Waals surface area (Å²) in [5.41, 5.74) is 1.33. The third-order valence-corrected chi connectivity index (χ3v) is 4.26. The van der Waals surface area contributed by atoms with Gasteiger partial charge in [0.15, 0.2) is 0 Å². The molecule has 2 N–H and O–H groups in total. The standard InChI is InChI=1S/C16H13Cl2N3O2/c1-9(16(22)23)21-8-6-10-13(21)5-7-19-15(10)20-14-11(17)3-2-4-12(14)18/h2-9H,1H3,(H,19,20)(H,22,23). The molecular formula is C16H13Cl2N3O2. The van der Waals surface area contributed by atoms with E-state index in [4.69, 9.17) is 23.2 Å². The Morgan fingerprint density at radius 1 is 1.26 bits per heavy atom. The Balaban J connectivity index is 2.08. The molecule has 0 aliphatic heterocycles. The SMILES string of the molecule is CC(C(=O)O)n1ccc2c(Nc3c(Cl)cccc3Cl)nccc21. The molecule has 2 aromatic heterocycles. The number of hydrogen-bond acceptors (Lipinski definition) is 3. The summed E-state index contributed by atoms with van der Waals surface area (Å²) < 4.78 is 1.68. The van der Waals surface area contributed by atoms with Crippen LogP contribution in [0, 0.1) is 0 Å². The van der Waals surface area contributed by atoms with E-state index in [1.54, 1.807) is 48.1 Å². The number of halogens is 2. The predicted octanol–water partition coefficient (Wildman–Crippen LogP) is 4.73. The summed E-state index contributed by atoms with van der Waals surface area (Å²) in [6, 6.07) is 8.13. The van der Waals surface area contributed by atoms with Crippen molar-refractivity contribution in [2.75, 3.05) is 5.32 Å². The van der Waals surface area contributed by atoms with Crippen molar-refractivity contribution < 1.29 is 9.90 Å². The first-order chi connectivity index (χ1) is 11.0. The molecule has 3 rings (SSSR count). The lowest BCUT2D eigenvalue weighted by Gasteiger charge is -2.12. The van der Waals surface area contributed by atoms with Crippen molar-refractivity contribution >= 4 is 51.6 Å². The number of anilines is 2. The van der Waals surface area contributed by atoms with E-state index in [9.17, 15) is 9.90 Å². The van der Waals surface area contributed by atoms with Crippen LogP contribution >= 0.6 is 23.2 Å². The minimum Gasteiger partial charge on any atom is -0.480 e. The summed E-state index contributed by atoms with van der Waals surface area (Å²) in [6.45, 7) is 1.63. The van der Waals surface area contributed by atoms with Crippen molar-refractivity contribution in [3.63, 3.8) is 0 Å². The number of nitrogens with zero attached hydrogens (tertiary/aromatic N) is 2. The molecule has 0 aliphatic carbocycles. The molecule has 1 atom stereocenters. The largest absolute Gasteiger partial charge is 0.480 e. The number of pyridine rings is 1. The van der Waals surface area contributed by atoms with Gasteiger partial charge in [0.1, 0.15) is 11.9 Å². The molecule has 0 saturated carbocycles. The van der Waals surface area contributed by atoms with Crippen LogP contribution in [0.15, 0.2) is 42.7 Å². The van der Waals surface area contributed by atoms with Crippen LogP contribution in [0.3, 0.4) is 0 Å². The zero-order valence-electron chi connectivity index (χ0n) is 12.1. The van der Waals surface area contributed by atoms with Crippen LogP contribution in [0.2, 0.25) is 10.0 Å². The summed E-state index contributed by atoms with van der Waals surface area (Å²) in [5, 5.41) is 14.1. The number of para-hydroxylation sites is 1. The molecule has 1 unspecified atom stereocenters. The smallest absolute Gasteiger partial charge is 0.326 e. The molecule has 118 valence electrons. The molecule has 0 bridgehead atoms. The van der Waals surface area contributed by atoms with Gasteiger partial charge in [0.25, 0.3) is 0 Å². The summed E-state index contributed by atoms with van der Waals surface area (Å²) >= 11 is 12.3. The van der Waals surface area contributed by atoms with E-state index < -0.39 is 12.0 Å². The zero-order chi connectivity index (χ0) is 16.6. The zero-order valence-corrected chi connectivity index (χ0v) is 13.6. The Morgan fingerprint density at radius 2 is 1.96 bits per heavy atom. The van der Waals surface area contributed by atoms with E-state index in [1.807, 2.05) is 6.07 Å². The number of carbonyl (C=O) groups is 1. The Morgan fingerprint density at radius 3 is 2.61 bits per heavy atom. The first-order valence-corrected chi connectivity index (χ1v) is 7.64. The molecule has 23 heavy (non-hydrogen) atoms. The lowest BCUT2D eigenvalue weighted by molar-refractivity contribution is -0.140. The minimum atomic E-state index is -0.900. The highest BCUT2D eigenvalue weighted by atomic mass is 35.5. The number of aliphatic carboxylic acids is 1. The van der Waals surface area contributed by atoms with E-state index in [2.05, 4.69) is 10.3 Å². The fourth-order valence-corrected chi connectivity index (χ4v) is 2.87. The third-order valence-electron chi connectivity index (χ3n) is 3.63. The van der Waals surface area contributed by atoms with Gasteiger partial charge in [-0.2, -0.15) is 0 Å². The van der Waals surface area contributed by atoms with Crippen molar-refractivity contribution in [1.82, 2.24) is 9.55 Å². The number of benzene rings is 1. The number of rotatable bonds is 4. The van der Waals surface area contributed by atoms with Crippen LogP contribution in [0.25, 0.3) is 10.9 Å². The lowest BCUT2D eigenvalue weighted by atomic mass is 10.2. The second-order valence-corrected chi connectivity index (χ2v) is 5.87. The van der Waals surface area contributed by atoms with Crippen molar-refractivity contribution in [2.45, 2.75) is 13.0 Å². The molecule has 0 fully saturated rings. The molecule has 0 amide bonds. The molecule has 0 radical (unpaired) electrons. The number of aromatic nitrogens is 2. The van der Waals surface area contributed by atoms with Crippen molar-refractivity contribution in [3.8, 4) is 0 Å². The van der Waals surface area contributed by atoms with Gasteiger partial charge in [-0.3, -0.25) is 0 Å². The number of carboxylic acid groups (broad SMARTS) is 1. The predicted molar refractivity (Wildman–Crippen MR) is 91.8 cm³/mol. The fourth-order valence-electron chi connectivity index (χ4n) is 2.38. The van der Waals surface area contributed by atoms with Crippen LogP contribution in [-0.2, 0) is 4.79 Å². The molecule has 5 nitrogen and oxygen atoms in total. The van der Waals surface area contributed by atoms with Gasteiger partial charge in [0, 0.05) is 17.8 Å². The Labute approximate surface area is 142 Å². The van der Waals surface area contributed by atoms with Gasteiger partial charge in [0.2, 0.25) is 0 Å². The fraction of sp³-hybridized carbons (Fsp3) is 0.125. The van der Waals surface area contributed by atoms with Gasteiger partial charge in [-0.05, 0) is 31.2 Å². The highest BCUT2D eigenvalue weighted by Crippen LogP contribution is 2.34. The summed E-state index contributed by atoms with van der Waals surface area (Å²) in [6.07, 6.45) is 3.34. The Bertz CT molecular complexity index is 872. The number of hydrogen-bond donors (Lipinski definition) is 2. The number of carboxylic acids is 1. The van der Waals surface area contributed by atoms with Crippen molar-refractivity contribution in [3.05, 3.63) is 52.8 Å². The maximum Gasteiger partial charge on any atom is 0.326 e. The van der Waals surface area contributed by atoms with Crippen molar-refractivity contribution in [1.29, 1.82) is 0 Å². The lowest BCUT2D eigenvalue weighted by Crippen LogP contribution is -2.14. The van der Waals surface area contributed by atoms with Gasteiger partial charge < -0.3 is 15.0 Å². The average molecular weight is 350 g/mol. The molecule has 0 saturated heterocycles. The average Bonchev–Trinajstić information content (AvgIpc) is 2.95.